The summed E-state index contributed by atoms with van der Waals surface area (Å²) in [4.78, 5) is 38.0. The van der Waals surface area contributed by atoms with E-state index in [1.54, 1.807) is 0 Å². The van der Waals surface area contributed by atoms with Crippen LogP contribution in [0.25, 0.3) is 0 Å². The maximum Gasteiger partial charge on any atom is 0.306 e. The van der Waals surface area contributed by atoms with Crippen LogP contribution in [0, 0.1) is 0 Å². The molecule has 0 aliphatic rings. The predicted molar refractivity (Wildman–Crippen MR) is 279 cm³/mol. The average Bonchev–Trinajstić information content (AvgIpc) is 3.30. The Morgan fingerprint density at radius 3 is 1.18 bits per heavy atom. The van der Waals surface area contributed by atoms with E-state index in [1.165, 1.54) is 83.5 Å². The van der Waals surface area contributed by atoms with Crippen molar-refractivity contribution in [1.82, 2.24) is 0 Å². The van der Waals surface area contributed by atoms with E-state index in [-0.39, 0.29) is 37.5 Å². The fourth-order valence-electron chi connectivity index (χ4n) is 6.88. The standard InChI is InChI=1S/C59H96O6/c1-4-7-10-13-16-19-22-25-28-29-32-34-37-40-43-46-49-52-58(61)64-55-56(65-59(62)53-50-47-44-41-38-35-31-27-24-21-18-15-12-9-6-3)54-63-57(60)51-48-45-42-39-36-33-30-26-23-20-17-14-11-8-5-2/h7,9-10,12,15-16,18-21,23-25,28,32,34,40,43,56H,4-6,8,11,13-14,17,22,26-27,29-31,33,35-39,41-42,44-55H2,1-3H3/b10-7-,12-9-,18-15-,19-16-,23-20-,24-21-,28-25-,34-32-,43-40-. The molecular formula is C59H96O6. The third-order valence-corrected chi connectivity index (χ3v) is 10.8. The lowest BCUT2D eigenvalue weighted by Crippen LogP contribution is -2.30. The van der Waals surface area contributed by atoms with Gasteiger partial charge >= 0.3 is 17.9 Å². The Balaban J connectivity index is 4.51. The van der Waals surface area contributed by atoms with Crippen molar-refractivity contribution in [3.63, 3.8) is 0 Å². The molecule has 6 heteroatoms. The molecular weight excluding hydrogens is 805 g/mol. The molecule has 0 saturated carbocycles. The monoisotopic (exact) mass is 901 g/mol. The maximum atomic E-state index is 12.8. The minimum absolute atomic E-state index is 0.105. The summed E-state index contributed by atoms with van der Waals surface area (Å²) in [5.74, 6) is -0.986. The highest BCUT2D eigenvalue weighted by atomic mass is 16.6. The molecule has 0 rings (SSSR count). The molecule has 0 fully saturated rings. The van der Waals surface area contributed by atoms with Gasteiger partial charge in [-0.1, -0.05) is 214 Å². The van der Waals surface area contributed by atoms with Crippen LogP contribution in [0.3, 0.4) is 0 Å². The molecule has 6 nitrogen and oxygen atoms in total. The van der Waals surface area contributed by atoms with E-state index in [1.807, 2.05) is 0 Å². The number of esters is 3. The lowest BCUT2D eigenvalue weighted by atomic mass is 10.1. The van der Waals surface area contributed by atoms with Crippen LogP contribution in [0.5, 0.6) is 0 Å². The van der Waals surface area contributed by atoms with Crippen molar-refractivity contribution in [2.75, 3.05) is 13.2 Å². The molecule has 1 atom stereocenters. The summed E-state index contributed by atoms with van der Waals surface area (Å²) in [7, 11) is 0. The van der Waals surface area contributed by atoms with E-state index in [9.17, 15) is 14.4 Å². The van der Waals surface area contributed by atoms with E-state index in [0.29, 0.717) is 19.3 Å². The first-order valence-electron chi connectivity index (χ1n) is 26.4. The summed E-state index contributed by atoms with van der Waals surface area (Å²) < 4.78 is 16.8. The van der Waals surface area contributed by atoms with E-state index in [0.717, 1.165) is 96.3 Å². The fourth-order valence-corrected chi connectivity index (χ4v) is 6.88. The summed E-state index contributed by atoms with van der Waals surface area (Å²) in [5, 5.41) is 0. The lowest BCUT2D eigenvalue weighted by molar-refractivity contribution is -0.167. The van der Waals surface area contributed by atoms with Gasteiger partial charge in [0, 0.05) is 19.3 Å². The van der Waals surface area contributed by atoms with Gasteiger partial charge in [-0.2, -0.15) is 0 Å². The van der Waals surface area contributed by atoms with Crippen molar-refractivity contribution in [2.24, 2.45) is 0 Å². The molecule has 0 aliphatic heterocycles. The number of hydrogen-bond acceptors (Lipinski definition) is 6. The van der Waals surface area contributed by atoms with Gasteiger partial charge in [0.15, 0.2) is 6.10 Å². The van der Waals surface area contributed by atoms with Gasteiger partial charge in [-0.05, 0) is 103 Å². The molecule has 0 heterocycles. The van der Waals surface area contributed by atoms with E-state index in [4.69, 9.17) is 14.2 Å². The van der Waals surface area contributed by atoms with Gasteiger partial charge in [0.1, 0.15) is 13.2 Å². The Morgan fingerprint density at radius 2 is 0.692 bits per heavy atom. The van der Waals surface area contributed by atoms with Crippen molar-refractivity contribution in [2.45, 2.75) is 232 Å². The van der Waals surface area contributed by atoms with Crippen LogP contribution in [0.2, 0.25) is 0 Å². The lowest BCUT2D eigenvalue weighted by Gasteiger charge is -2.18. The van der Waals surface area contributed by atoms with Crippen LogP contribution in [-0.4, -0.2) is 37.2 Å². The first-order chi connectivity index (χ1) is 32.0. The van der Waals surface area contributed by atoms with Gasteiger partial charge in [0.25, 0.3) is 0 Å². The van der Waals surface area contributed by atoms with Crippen LogP contribution in [0.4, 0.5) is 0 Å². The Bertz CT molecular complexity index is 1360. The zero-order chi connectivity index (χ0) is 47.2. The molecule has 0 aromatic rings. The molecule has 1 unspecified atom stereocenters. The quantitative estimate of drug-likeness (QED) is 0.0199. The first-order valence-corrected chi connectivity index (χ1v) is 26.4. The molecule has 0 aliphatic carbocycles. The van der Waals surface area contributed by atoms with Crippen molar-refractivity contribution in [3.05, 3.63) is 109 Å². The number of unbranched alkanes of at least 4 members (excludes halogenated alkanes) is 19. The summed E-state index contributed by atoms with van der Waals surface area (Å²) in [6.45, 7) is 6.31. The second kappa shape index (κ2) is 52.7. The summed E-state index contributed by atoms with van der Waals surface area (Å²) >= 11 is 0. The Morgan fingerprint density at radius 1 is 0.338 bits per heavy atom. The van der Waals surface area contributed by atoms with E-state index in [2.05, 4.69) is 130 Å². The van der Waals surface area contributed by atoms with E-state index < -0.39 is 6.10 Å². The molecule has 0 aromatic carbocycles. The molecule has 0 radical (unpaired) electrons. The topological polar surface area (TPSA) is 78.9 Å². The average molecular weight is 901 g/mol. The molecule has 0 bridgehead atoms. The van der Waals surface area contributed by atoms with Crippen LogP contribution < -0.4 is 0 Å². The highest BCUT2D eigenvalue weighted by Gasteiger charge is 2.19. The second-order valence-corrected chi connectivity index (χ2v) is 17.1. The number of hydrogen-bond donors (Lipinski definition) is 0. The summed E-state index contributed by atoms with van der Waals surface area (Å²) in [6.07, 6.45) is 70.7. The minimum Gasteiger partial charge on any atom is -0.462 e. The van der Waals surface area contributed by atoms with Gasteiger partial charge in [-0.3, -0.25) is 14.4 Å². The Labute approximate surface area is 400 Å². The Hall–Kier alpha value is -3.93. The summed E-state index contributed by atoms with van der Waals surface area (Å²) in [6, 6.07) is 0. The van der Waals surface area contributed by atoms with Gasteiger partial charge < -0.3 is 14.2 Å². The molecule has 0 aromatic heterocycles. The summed E-state index contributed by atoms with van der Waals surface area (Å²) in [5.41, 5.74) is 0. The van der Waals surface area contributed by atoms with Crippen molar-refractivity contribution < 1.29 is 28.6 Å². The fraction of sp³-hybridized carbons (Fsp3) is 0.644. The van der Waals surface area contributed by atoms with Gasteiger partial charge in [0.05, 0.1) is 0 Å². The van der Waals surface area contributed by atoms with Crippen LogP contribution in [0.1, 0.15) is 226 Å². The SMILES string of the molecule is CC\C=C/C=C\C=C/CCCCCCCCCC(=O)OC(COC(=O)CCC/C=C\C/C=C\C/C=C\C/C=C\C/C=C\CC)COC(=O)CCCCCCCCC/C=C\CCCCCC. The normalized spacial score (nSPS) is 13.0. The number of allylic oxidation sites excluding steroid dienone is 18. The molecule has 65 heavy (non-hydrogen) atoms. The number of carbonyl (C=O) groups excluding carboxylic acids is 3. The minimum atomic E-state index is -0.811. The molecule has 0 saturated heterocycles. The maximum absolute atomic E-state index is 12.8. The second-order valence-electron chi connectivity index (χ2n) is 17.1. The van der Waals surface area contributed by atoms with Crippen LogP contribution in [0.15, 0.2) is 109 Å². The number of ether oxygens (including phenoxy) is 3. The Kier molecular flexibility index (Phi) is 49.5. The third-order valence-electron chi connectivity index (χ3n) is 10.8. The molecule has 0 amide bonds. The molecule has 368 valence electrons. The van der Waals surface area contributed by atoms with Gasteiger partial charge in [-0.15, -0.1) is 0 Å². The highest BCUT2D eigenvalue weighted by molar-refractivity contribution is 5.71. The van der Waals surface area contributed by atoms with Crippen molar-refractivity contribution in [1.29, 1.82) is 0 Å². The third kappa shape index (κ3) is 50.9. The number of rotatable bonds is 46. The highest BCUT2D eigenvalue weighted by Crippen LogP contribution is 2.14. The zero-order valence-corrected chi connectivity index (χ0v) is 42.0. The van der Waals surface area contributed by atoms with Crippen LogP contribution in [-0.2, 0) is 28.6 Å². The smallest absolute Gasteiger partial charge is 0.306 e. The molecule has 0 spiro atoms. The van der Waals surface area contributed by atoms with Gasteiger partial charge in [-0.25, -0.2) is 0 Å². The van der Waals surface area contributed by atoms with Gasteiger partial charge in [0.2, 0.25) is 0 Å². The van der Waals surface area contributed by atoms with Crippen molar-refractivity contribution >= 4 is 17.9 Å². The predicted octanol–water partition coefficient (Wildman–Crippen LogP) is 17.5. The zero-order valence-electron chi connectivity index (χ0n) is 42.0. The van der Waals surface area contributed by atoms with E-state index >= 15 is 0 Å². The van der Waals surface area contributed by atoms with Crippen LogP contribution >= 0.6 is 0 Å². The molecule has 0 N–H and O–H groups in total. The largest absolute Gasteiger partial charge is 0.462 e. The van der Waals surface area contributed by atoms with Crippen molar-refractivity contribution in [3.8, 4) is 0 Å². The number of carbonyl (C=O) groups is 3. The first kappa shape index (κ1) is 61.1.